The van der Waals surface area contributed by atoms with Gasteiger partial charge in [-0.05, 0) is 37.5 Å². The SMILES string of the molecule is Cc1ccc(-c2sc3c(Cl)ncnc3c2C)c(C)c1. The van der Waals surface area contributed by atoms with Crippen LogP contribution in [0.1, 0.15) is 16.7 Å². The molecule has 0 radical (unpaired) electrons. The highest BCUT2D eigenvalue weighted by molar-refractivity contribution is 7.23. The van der Waals surface area contributed by atoms with Crippen molar-refractivity contribution in [1.29, 1.82) is 0 Å². The standard InChI is InChI=1S/C15H13ClN2S/c1-8-4-5-11(9(2)6-8)13-10(3)12-14(19-13)15(16)18-7-17-12/h4-7H,1-3H3. The molecule has 0 atom stereocenters. The quantitative estimate of drug-likeness (QED) is 0.593. The Balaban J connectivity index is 2.31. The minimum Gasteiger partial charge on any atom is -0.235 e. The lowest BCUT2D eigenvalue weighted by molar-refractivity contribution is 1.22. The highest BCUT2D eigenvalue weighted by Crippen LogP contribution is 2.40. The third-order valence-electron chi connectivity index (χ3n) is 3.29. The van der Waals surface area contributed by atoms with Gasteiger partial charge in [0.05, 0.1) is 10.2 Å². The maximum atomic E-state index is 6.15. The first-order valence-electron chi connectivity index (χ1n) is 6.05. The van der Waals surface area contributed by atoms with Crippen LogP contribution < -0.4 is 0 Å². The molecule has 0 saturated heterocycles. The third-order valence-corrected chi connectivity index (χ3v) is 5.01. The molecular formula is C15H13ClN2S. The van der Waals surface area contributed by atoms with Crippen molar-refractivity contribution >= 4 is 33.2 Å². The van der Waals surface area contributed by atoms with Crippen LogP contribution in [0.25, 0.3) is 20.7 Å². The molecule has 0 fully saturated rings. The zero-order valence-electron chi connectivity index (χ0n) is 11.0. The second-order valence-electron chi connectivity index (χ2n) is 4.72. The van der Waals surface area contributed by atoms with Crippen molar-refractivity contribution < 1.29 is 0 Å². The van der Waals surface area contributed by atoms with E-state index in [4.69, 9.17) is 11.6 Å². The highest BCUT2D eigenvalue weighted by Gasteiger charge is 2.15. The van der Waals surface area contributed by atoms with Gasteiger partial charge in [0.25, 0.3) is 0 Å². The molecule has 0 N–H and O–H groups in total. The van der Waals surface area contributed by atoms with Crippen LogP contribution in [0, 0.1) is 20.8 Å². The molecule has 2 heterocycles. The van der Waals surface area contributed by atoms with E-state index < -0.39 is 0 Å². The summed E-state index contributed by atoms with van der Waals surface area (Å²) in [5.74, 6) is 0. The summed E-state index contributed by atoms with van der Waals surface area (Å²) in [5, 5.41) is 0.536. The normalized spacial score (nSPS) is 11.2. The van der Waals surface area contributed by atoms with Crippen LogP contribution in [-0.4, -0.2) is 9.97 Å². The lowest BCUT2D eigenvalue weighted by atomic mass is 10.0. The van der Waals surface area contributed by atoms with E-state index >= 15 is 0 Å². The molecule has 0 aliphatic heterocycles. The Labute approximate surface area is 121 Å². The highest BCUT2D eigenvalue weighted by atomic mass is 35.5. The molecule has 0 spiro atoms. The fourth-order valence-electron chi connectivity index (χ4n) is 2.32. The third kappa shape index (κ3) is 2.03. The van der Waals surface area contributed by atoms with Crippen LogP contribution in [0.3, 0.4) is 0 Å². The lowest BCUT2D eigenvalue weighted by Gasteiger charge is -2.05. The Hall–Kier alpha value is -1.45. The average Bonchev–Trinajstić information content (AvgIpc) is 2.69. The van der Waals surface area contributed by atoms with E-state index in [1.807, 2.05) is 0 Å². The van der Waals surface area contributed by atoms with Gasteiger partial charge in [-0.25, -0.2) is 9.97 Å². The van der Waals surface area contributed by atoms with Gasteiger partial charge < -0.3 is 0 Å². The average molecular weight is 289 g/mol. The Morgan fingerprint density at radius 2 is 1.89 bits per heavy atom. The van der Waals surface area contributed by atoms with E-state index in [0.717, 1.165) is 10.2 Å². The fraction of sp³-hybridized carbons (Fsp3) is 0.200. The monoisotopic (exact) mass is 288 g/mol. The largest absolute Gasteiger partial charge is 0.235 e. The number of thiophene rings is 1. The summed E-state index contributed by atoms with van der Waals surface area (Å²) in [6.07, 6.45) is 1.52. The van der Waals surface area contributed by atoms with Gasteiger partial charge in [0.2, 0.25) is 0 Å². The molecule has 0 amide bonds. The molecule has 96 valence electrons. The number of benzene rings is 1. The van der Waals surface area contributed by atoms with E-state index in [-0.39, 0.29) is 0 Å². The van der Waals surface area contributed by atoms with Crippen LogP contribution in [0.15, 0.2) is 24.5 Å². The number of fused-ring (bicyclic) bond motifs is 1. The zero-order chi connectivity index (χ0) is 13.6. The first-order valence-corrected chi connectivity index (χ1v) is 7.24. The van der Waals surface area contributed by atoms with Gasteiger partial charge in [-0.2, -0.15) is 0 Å². The topological polar surface area (TPSA) is 25.8 Å². The molecule has 19 heavy (non-hydrogen) atoms. The summed E-state index contributed by atoms with van der Waals surface area (Å²) in [5.41, 5.74) is 5.94. The lowest BCUT2D eigenvalue weighted by Crippen LogP contribution is -1.84. The molecule has 0 aliphatic rings. The summed E-state index contributed by atoms with van der Waals surface area (Å²) in [6.45, 7) is 6.34. The van der Waals surface area contributed by atoms with Crippen molar-refractivity contribution in [2.75, 3.05) is 0 Å². The number of hydrogen-bond acceptors (Lipinski definition) is 3. The first-order chi connectivity index (χ1) is 9.08. The number of rotatable bonds is 1. The first kappa shape index (κ1) is 12.6. The Bertz CT molecular complexity index is 777. The smallest absolute Gasteiger partial charge is 0.150 e. The molecule has 0 unspecified atom stereocenters. The minimum atomic E-state index is 0.536. The molecule has 0 bridgehead atoms. The molecule has 2 aromatic heterocycles. The molecule has 4 heteroatoms. The van der Waals surface area contributed by atoms with Crippen molar-refractivity contribution in [3.8, 4) is 10.4 Å². The van der Waals surface area contributed by atoms with E-state index in [0.29, 0.717) is 5.15 Å². The summed E-state index contributed by atoms with van der Waals surface area (Å²) in [7, 11) is 0. The van der Waals surface area contributed by atoms with Gasteiger partial charge in [0, 0.05) is 4.88 Å². The summed E-state index contributed by atoms with van der Waals surface area (Å²) >= 11 is 7.82. The molecular weight excluding hydrogens is 276 g/mol. The van der Waals surface area contributed by atoms with Crippen molar-refractivity contribution in [3.05, 3.63) is 46.4 Å². The van der Waals surface area contributed by atoms with E-state index in [1.165, 1.54) is 33.5 Å². The zero-order valence-corrected chi connectivity index (χ0v) is 12.6. The van der Waals surface area contributed by atoms with Crippen molar-refractivity contribution in [1.82, 2.24) is 9.97 Å². The molecule has 0 aliphatic carbocycles. The predicted octanol–water partition coefficient (Wildman–Crippen LogP) is 4.94. The molecule has 3 rings (SSSR count). The Morgan fingerprint density at radius 3 is 2.58 bits per heavy atom. The number of hydrogen-bond donors (Lipinski definition) is 0. The second-order valence-corrected chi connectivity index (χ2v) is 6.10. The van der Waals surface area contributed by atoms with Gasteiger partial charge in [0.15, 0.2) is 0 Å². The number of aromatic nitrogens is 2. The number of aryl methyl sites for hydroxylation is 3. The van der Waals surface area contributed by atoms with Gasteiger partial charge >= 0.3 is 0 Å². The van der Waals surface area contributed by atoms with Crippen LogP contribution >= 0.6 is 22.9 Å². The molecule has 1 aromatic carbocycles. The van der Waals surface area contributed by atoms with Crippen LogP contribution in [-0.2, 0) is 0 Å². The number of halogens is 1. The Kier molecular flexibility index (Phi) is 3.03. The summed E-state index contributed by atoms with van der Waals surface area (Å²) < 4.78 is 0.969. The fourth-order valence-corrected chi connectivity index (χ4v) is 3.80. The minimum absolute atomic E-state index is 0.536. The van der Waals surface area contributed by atoms with E-state index in [2.05, 4.69) is 48.9 Å². The van der Waals surface area contributed by atoms with E-state index in [1.54, 1.807) is 11.3 Å². The van der Waals surface area contributed by atoms with Crippen LogP contribution in [0.4, 0.5) is 0 Å². The summed E-state index contributed by atoms with van der Waals surface area (Å²) in [6, 6.07) is 6.51. The van der Waals surface area contributed by atoms with Gasteiger partial charge in [0.1, 0.15) is 11.5 Å². The van der Waals surface area contributed by atoms with Crippen molar-refractivity contribution in [3.63, 3.8) is 0 Å². The maximum Gasteiger partial charge on any atom is 0.150 e. The van der Waals surface area contributed by atoms with Crippen molar-refractivity contribution in [2.45, 2.75) is 20.8 Å². The van der Waals surface area contributed by atoms with Crippen LogP contribution in [0.2, 0.25) is 5.15 Å². The Morgan fingerprint density at radius 1 is 1.11 bits per heavy atom. The molecule has 0 saturated carbocycles. The molecule has 3 aromatic rings. The van der Waals surface area contributed by atoms with Gasteiger partial charge in [-0.1, -0.05) is 35.4 Å². The van der Waals surface area contributed by atoms with Gasteiger partial charge in [-0.15, -0.1) is 11.3 Å². The second kappa shape index (κ2) is 4.58. The van der Waals surface area contributed by atoms with Crippen LogP contribution in [0.5, 0.6) is 0 Å². The number of nitrogens with zero attached hydrogens (tertiary/aromatic N) is 2. The maximum absolute atomic E-state index is 6.15. The molecule has 2 nitrogen and oxygen atoms in total. The van der Waals surface area contributed by atoms with E-state index in [9.17, 15) is 0 Å². The summed E-state index contributed by atoms with van der Waals surface area (Å²) in [4.78, 5) is 9.64. The predicted molar refractivity (Wildman–Crippen MR) is 82.1 cm³/mol. The van der Waals surface area contributed by atoms with Crippen molar-refractivity contribution in [2.24, 2.45) is 0 Å². The van der Waals surface area contributed by atoms with Gasteiger partial charge in [-0.3, -0.25) is 0 Å².